The van der Waals surface area contributed by atoms with Crippen LogP contribution in [0.2, 0.25) is 0 Å². The number of H-pyrrole nitrogens is 1. The molecule has 1 aliphatic rings. The monoisotopic (exact) mass is 295 g/mol. The van der Waals surface area contributed by atoms with Crippen molar-refractivity contribution in [2.75, 3.05) is 13.1 Å². The second-order valence-electron chi connectivity index (χ2n) is 5.73. The van der Waals surface area contributed by atoms with Crippen LogP contribution < -0.4 is 11.0 Å². The topological polar surface area (TPSA) is 82.4 Å². The first kappa shape index (κ1) is 13.5. The zero-order valence-corrected chi connectivity index (χ0v) is 11.9. The summed E-state index contributed by atoms with van der Waals surface area (Å²) < 4.78 is 5.56. The molecule has 4 rings (SSSR count). The van der Waals surface area contributed by atoms with Crippen molar-refractivity contribution in [2.45, 2.75) is 19.1 Å². The summed E-state index contributed by atoms with van der Waals surface area (Å²) in [6.45, 7) is 1.89. The second kappa shape index (κ2) is 4.96. The lowest BCUT2D eigenvalue weighted by Gasteiger charge is -2.13. The summed E-state index contributed by atoms with van der Waals surface area (Å²) in [5, 5.41) is 10.3. The van der Waals surface area contributed by atoms with E-state index in [2.05, 4.69) is 14.9 Å². The predicted octanol–water partition coefficient (Wildman–Crippen LogP) is 0.0297. The molecule has 0 saturated carbocycles. The summed E-state index contributed by atoms with van der Waals surface area (Å²) in [5.41, 5.74) is 1.64. The van der Waals surface area contributed by atoms with Gasteiger partial charge in [0.25, 0.3) is 5.56 Å². The highest BCUT2D eigenvalue weighted by atomic mass is 16.3. The standard InChI is InChI=1S/C15H14BN3O3/c16-8-1-2-11-10(5-8)13-14(22-11)15(21)18-12(17-13)7-19-4-3-9(20)6-19/h1-2,5,9,20H,3-4,6-7H2,(H,17,18,21)/t9-/m0/s1. The molecule has 2 radical (unpaired) electrons. The van der Waals surface area contributed by atoms with Crippen LogP contribution in [0.3, 0.4) is 0 Å². The van der Waals surface area contributed by atoms with E-state index in [1.54, 1.807) is 18.2 Å². The number of benzene rings is 1. The number of hydrogen-bond donors (Lipinski definition) is 2. The average Bonchev–Trinajstić information content (AvgIpc) is 3.03. The van der Waals surface area contributed by atoms with Gasteiger partial charge in [-0.2, -0.15) is 0 Å². The number of rotatable bonds is 2. The van der Waals surface area contributed by atoms with E-state index in [1.165, 1.54) is 0 Å². The molecule has 22 heavy (non-hydrogen) atoms. The van der Waals surface area contributed by atoms with Crippen molar-refractivity contribution < 1.29 is 9.52 Å². The molecule has 3 aromatic rings. The number of aromatic amines is 1. The molecule has 0 aliphatic carbocycles. The SMILES string of the molecule is [B]c1ccc2oc3c(=O)[nH]c(CN4CC[C@H](O)C4)nc3c2c1. The fourth-order valence-electron chi connectivity index (χ4n) is 2.96. The third-order valence-corrected chi connectivity index (χ3v) is 4.02. The van der Waals surface area contributed by atoms with Gasteiger partial charge in [0, 0.05) is 18.5 Å². The van der Waals surface area contributed by atoms with E-state index >= 15 is 0 Å². The van der Waals surface area contributed by atoms with Crippen molar-refractivity contribution in [3.63, 3.8) is 0 Å². The number of nitrogens with one attached hydrogen (secondary N) is 1. The normalized spacial score (nSPS) is 19.4. The Morgan fingerprint density at radius 2 is 2.36 bits per heavy atom. The van der Waals surface area contributed by atoms with E-state index in [0.717, 1.165) is 18.4 Å². The summed E-state index contributed by atoms with van der Waals surface area (Å²) >= 11 is 0. The van der Waals surface area contributed by atoms with Gasteiger partial charge >= 0.3 is 0 Å². The van der Waals surface area contributed by atoms with Gasteiger partial charge in [-0.05, 0) is 12.5 Å². The summed E-state index contributed by atoms with van der Waals surface area (Å²) in [6, 6.07) is 5.23. The molecule has 1 aliphatic heterocycles. The van der Waals surface area contributed by atoms with Gasteiger partial charge < -0.3 is 14.5 Å². The molecule has 2 N–H and O–H groups in total. The molecule has 0 amide bonds. The quantitative estimate of drug-likeness (QED) is 0.652. The molecule has 7 heteroatoms. The van der Waals surface area contributed by atoms with Crippen LogP contribution >= 0.6 is 0 Å². The van der Waals surface area contributed by atoms with Gasteiger partial charge in [-0.15, -0.1) is 0 Å². The number of aliphatic hydroxyl groups is 1. The molecule has 110 valence electrons. The highest BCUT2D eigenvalue weighted by molar-refractivity contribution is 6.33. The zero-order chi connectivity index (χ0) is 15.3. The van der Waals surface area contributed by atoms with Crippen LogP contribution in [0.15, 0.2) is 27.4 Å². The van der Waals surface area contributed by atoms with E-state index in [9.17, 15) is 9.90 Å². The van der Waals surface area contributed by atoms with Crippen molar-refractivity contribution >= 4 is 35.4 Å². The largest absolute Gasteiger partial charge is 0.449 e. The number of furan rings is 1. The smallest absolute Gasteiger partial charge is 0.294 e. The number of β-amino-alcohol motifs (C(OH)–C–C–N with tert-alkyl or cyclic N) is 1. The fraction of sp³-hybridized carbons (Fsp3) is 0.333. The number of aliphatic hydroxyl groups excluding tert-OH is 1. The van der Waals surface area contributed by atoms with Crippen LogP contribution in [0.4, 0.5) is 0 Å². The molecule has 3 heterocycles. The maximum atomic E-state index is 12.2. The molecular formula is C15H14BN3O3. The molecule has 0 spiro atoms. The predicted molar refractivity (Wildman–Crippen MR) is 83.4 cm³/mol. The minimum atomic E-state index is -0.301. The highest BCUT2D eigenvalue weighted by Gasteiger charge is 2.21. The lowest BCUT2D eigenvalue weighted by Crippen LogP contribution is -2.24. The molecule has 0 bridgehead atoms. The number of aromatic nitrogens is 2. The zero-order valence-electron chi connectivity index (χ0n) is 11.9. The van der Waals surface area contributed by atoms with E-state index in [4.69, 9.17) is 12.3 Å². The van der Waals surface area contributed by atoms with E-state index in [-0.39, 0.29) is 17.2 Å². The van der Waals surface area contributed by atoms with Gasteiger partial charge in [-0.3, -0.25) is 9.69 Å². The number of likely N-dealkylation sites (tertiary alicyclic amines) is 1. The first-order chi connectivity index (χ1) is 10.6. The number of fused-ring (bicyclic) bond motifs is 3. The Bertz CT molecular complexity index is 917. The van der Waals surface area contributed by atoms with Crippen LogP contribution in [0.5, 0.6) is 0 Å². The van der Waals surface area contributed by atoms with Gasteiger partial charge in [0.1, 0.15) is 24.8 Å². The third kappa shape index (κ3) is 2.22. The first-order valence-electron chi connectivity index (χ1n) is 7.21. The van der Waals surface area contributed by atoms with Crippen LogP contribution in [0.1, 0.15) is 12.2 Å². The maximum absolute atomic E-state index is 12.2. The molecule has 1 atom stereocenters. The van der Waals surface area contributed by atoms with Gasteiger partial charge in [0.2, 0.25) is 5.58 Å². The summed E-state index contributed by atoms with van der Waals surface area (Å²) in [7, 11) is 5.81. The Morgan fingerprint density at radius 1 is 1.50 bits per heavy atom. The summed E-state index contributed by atoms with van der Waals surface area (Å²) in [6.07, 6.45) is 0.447. The molecule has 6 nitrogen and oxygen atoms in total. The Labute approximate surface area is 127 Å². The van der Waals surface area contributed by atoms with Crippen LogP contribution in [-0.2, 0) is 6.54 Å². The molecule has 2 aromatic heterocycles. The van der Waals surface area contributed by atoms with E-state index < -0.39 is 0 Å². The highest BCUT2D eigenvalue weighted by Crippen LogP contribution is 2.24. The fourth-order valence-corrected chi connectivity index (χ4v) is 2.96. The van der Waals surface area contributed by atoms with E-state index in [0.29, 0.717) is 35.5 Å². The molecule has 1 aromatic carbocycles. The summed E-state index contributed by atoms with van der Waals surface area (Å²) in [5.74, 6) is 0.566. The van der Waals surface area contributed by atoms with Crippen LogP contribution in [-0.4, -0.2) is 47.0 Å². The first-order valence-corrected chi connectivity index (χ1v) is 7.21. The Morgan fingerprint density at radius 3 is 3.14 bits per heavy atom. The van der Waals surface area contributed by atoms with Crippen molar-refractivity contribution in [3.8, 4) is 0 Å². The second-order valence-corrected chi connectivity index (χ2v) is 5.73. The van der Waals surface area contributed by atoms with Gasteiger partial charge in [0.15, 0.2) is 0 Å². The van der Waals surface area contributed by atoms with Crippen molar-refractivity contribution in [2.24, 2.45) is 0 Å². The summed E-state index contributed by atoms with van der Waals surface area (Å²) in [4.78, 5) is 21.5. The minimum absolute atomic E-state index is 0.214. The van der Waals surface area contributed by atoms with Crippen LogP contribution in [0.25, 0.3) is 22.1 Å². The van der Waals surface area contributed by atoms with Crippen molar-refractivity contribution in [1.82, 2.24) is 14.9 Å². The third-order valence-electron chi connectivity index (χ3n) is 4.02. The Kier molecular flexibility index (Phi) is 3.06. The lowest BCUT2D eigenvalue weighted by molar-refractivity contribution is 0.174. The number of hydrogen-bond acceptors (Lipinski definition) is 5. The number of nitrogens with zero attached hydrogens (tertiary/aromatic N) is 2. The van der Waals surface area contributed by atoms with Crippen molar-refractivity contribution in [3.05, 3.63) is 34.4 Å². The van der Waals surface area contributed by atoms with Gasteiger partial charge in [-0.25, -0.2) is 4.98 Å². The van der Waals surface area contributed by atoms with Gasteiger partial charge in [-0.1, -0.05) is 17.6 Å². The molecular weight excluding hydrogens is 281 g/mol. The van der Waals surface area contributed by atoms with Crippen molar-refractivity contribution in [1.29, 1.82) is 0 Å². The molecule has 0 unspecified atom stereocenters. The average molecular weight is 295 g/mol. The van der Waals surface area contributed by atoms with Crippen LogP contribution in [0, 0.1) is 0 Å². The lowest BCUT2D eigenvalue weighted by atomic mass is 9.95. The molecule has 1 saturated heterocycles. The van der Waals surface area contributed by atoms with Gasteiger partial charge in [0.05, 0.1) is 12.6 Å². The Balaban J connectivity index is 1.82. The van der Waals surface area contributed by atoms with E-state index in [1.807, 2.05) is 0 Å². The Hall–Kier alpha value is -2.12. The minimum Gasteiger partial charge on any atom is -0.449 e. The maximum Gasteiger partial charge on any atom is 0.294 e. The molecule has 1 fully saturated rings.